The quantitative estimate of drug-likeness (QED) is 0.867. The first-order valence-corrected chi connectivity index (χ1v) is 6.95. The third-order valence-corrected chi connectivity index (χ3v) is 3.23. The van der Waals surface area contributed by atoms with E-state index in [4.69, 9.17) is 4.74 Å². The van der Waals surface area contributed by atoms with Crippen LogP contribution in [0.25, 0.3) is 0 Å². The van der Waals surface area contributed by atoms with Gasteiger partial charge in [-0.05, 0) is 32.4 Å². The molecular formula is C16H20N2O3. The van der Waals surface area contributed by atoms with Crippen LogP contribution in [-0.4, -0.2) is 25.5 Å². The lowest BCUT2D eigenvalue weighted by Gasteiger charge is -2.19. The fraction of sp³-hybridized carbons (Fsp3) is 0.375. The molecule has 0 unspecified atom stereocenters. The first-order valence-electron chi connectivity index (χ1n) is 6.95. The number of carbonyl (C=O) groups is 2. The molecule has 5 nitrogen and oxygen atoms in total. The van der Waals surface area contributed by atoms with Crippen molar-refractivity contribution >= 4 is 23.2 Å². The topological polar surface area (TPSA) is 58.6 Å². The summed E-state index contributed by atoms with van der Waals surface area (Å²) in [5, 5.41) is 2.78. The summed E-state index contributed by atoms with van der Waals surface area (Å²) >= 11 is 0. The molecule has 1 fully saturated rings. The van der Waals surface area contributed by atoms with E-state index in [1.165, 1.54) is 6.08 Å². The van der Waals surface area contributed by atoms with Gasteiger partial charge in [0, 0.05) is 30.8 Å². The first kappa shape index (κ1) is 15.1. The highest BCUT2D eigenvalue weighted by molar-refractivity contribution is 6.01. The number of hydrogen-bond acceptors (Lipinski definition) is 3. The fourth-order valence-corrected chi connectivity index (χ4v) is 2.32. The maximum absolute atomic E-state index is 11.8. The van der Waals surface area contributed by atoms with E-state index in [0.717, 1.165) is 17.7 Å². The molecule has 1 aromatic rings. The van der Waals surface area contributed by atoms with Crippen LogP contribution in [0.15, 0.2) is 29.8 Å². The number of carbonyl (C=O) groups excluding carboxylic acids is 2. The van der Waals surface area contributed by atoms with Gasteiger partial charge in [-0.2, -0.15) is 0 Å². The molecule has 1 heterocycles. The summed E-state index contributed by atoms with van der Waals surface area (Å²) in [7, 11) is 1.56. The lowest BCUT2D eigenvalue weighted by atomic mass is 10.2. The zero-order valence-corrected chi connectivity index (χ0v) is 12.6. The summed E-state index contributed by atoms with van der Waals surface area (Å²) in [6.45, 7) is 4.43. The molecule has 0 radical (unpaired) electrons. The van der Waals surface area contributed by atoms with Crippen LogP contribution >= 0.6 is 0 Å². The Morgan fingerprint density at radius 1 is 1.38 bits per heavy atom. The van der Waals surface area contributed by atoms with E-state index in [0.29, 0.717) is 24.4 Å². The summed E-state index contributed by atoms with van der Waals surface area (Å²) in [6.07, 6.45) is 2.97. The normalized spacial score (nSPS) is 14.0. The summed E-state index contributed by atoms with van der Waals surface area (Å²) < 4.78 is 5.35. The number of nitrogens with one attached hydrogen (secondary N) is 1. The third-order valence-electron chi connectivity index (χ3n) is 3.23. The van der Waals surface area contributed by atoms with Gasteiger partial charge in [-0.15, -0.1) is 0 Å². The van der Waals surface area contributed by atoms with Gasteiger partial charge in [-0.25, -0.2) is 0 Å². The van der Waals surface area contributed by atoms with Crippen LogP contribution in [-0.2, 0) is 9.59 Å². The Kier molecular flexibility index (Phi) is 4.62. The van der Waals surface area contributed by atoms with E-state index < -0.39 is 0 Å². The lowest BCUT2D eigenvalue weighted by molar-refractivity contribution is -0.117. The first-order chi connectivity index (χ1) is 10.0. The van der Waals surface area contributed by atoms with Crippen molar-refractivity contribution in [2.45, 2.75) is 26.7 Å². The average Bonchev–Trinajstić information content (AvgIpc) is 2.83. The van der Waals surface area contributed by atoms with Gasteiger partial charge in [0.05, 0.1) is 12.8 Å². The van der Waals surface area contributed by atoms with Crippen LogP contribution < -0.4 is 15.0 Å². The van der Waals surface area contributed by atoms with Crippen molar-refractivity contribution in [3.63, 3.8) is 0 Å². The number of amides is 2. The number of nitrogens with zero attached hydrogens (tertiary/aromatic N) is 1. The van der Waals surface area contributed by atoms with Gasteiger partial charge in [0.25, 0.3) is 0 Å². The maximum atomic E-state index is 11.8. The molecule has 1 saturated heterocycles. The molecule has 21 heavy (non-hydrogen) atoms. The van der Waals surface area contributed by atoms with E-state index in [9.17, 15) is 9.59 Å². The molecule has 0 atom stereocenters. The number of methoxy groups -OCH3 is 1. The van der Waals surface area contributed by atoms with Crippen molar-refractivity contribution in [1.82, 2.24) is 0 Å². The van der Waals surface area contributed by atoms with Gasteiger partial charge in [-0.3, -0.25) is 9.59 Å². The number of rotatable bonds is 4. The van der Waals surface area contributed by atoms with Crippen LogP contribution in [0.5, 0.6) is 5.75 Å². The molecule has 5 heteroatoms. The molecule has 1 aliphatic heterocycles. The van der Waals surface area contributed by atoms with Crippen LogP contribution in [0.4, 0.5) is 11.4 Å². The minimum atomic E-state index is -0.179. The second-order valence-electron chi connectivity index (χ2n) is 5.25. The van der Waals surface area contributed by atoms with Crippen LogP contribution in [0.1, 0.15) is 26.7 Å². The van der Waals surface area contributed by atoms with Gasteiger partial charge < -0.3 is 15.0 Å². The van der Waals surface area contributed by atoms with Gasteiger partial charge in [0.2, 0.25) is 11.8 Å². The van der Waals surface area contributed by atoms with Crippen molar-refractivity contribution in [3.8, 4) is 5.75 Å². The summed E-state index contributed by atoms with van der Waals surface area (Å²) in [6, 6.07) is 5.32. The number of hydrogen-bond donors (Lipinski definition) is 1. The molecule has 1 N–H and O–H groups in total. The highest BCUT2D eigenvalue weighted by Gasteiger charge is 2.24. The van der Waals surface area contributed by atoms with Gasteiger partial charge in [-0.1, -0.05) is 5.57 Å². The van der Waals surface area contributed by atoms with Crippen molar-refractivity contribution in [3.05, 3.63) is 29.8 Å². The van der Waals surface area contributed by atoms with Gasteiger partial charge >= 0.3 is 0 Å². The molecule has 0 aliphatic carbocycles. The molecule has 2 amide bonds. The number of allylic oxidation sites excluding steroid dienone is 1. The summed E-state index contributed by atoms with van der Waals surface area (Å²) in [5.74, 6) is 0.511. The Morgan fingerprint density at radius 2 is 2.14 bits per heavy atom. The molecule has 1 aromatic carbocycles. The minimum absolute atomic E-state index is 0.106. The van der Waals surface area contributed by atoms with Gasteiger partial charge in [0.1, 0.15) is 5.75 Å². The third kappa shape index (κ3) is 3.62. The zero-order valence-electron chi connectivity index (χ0n) is 12.6. The average molecular weight is 288 g/mol. The number of benzene rings is 1. The van der Waals surface area contributed by atoms with E-state index in [1.807, 2.05) is 13.8 Å². The Labute approximate surface area is 124 Å². The molecule has 2 rings (SSSR count). The largest absolute Gasteiger partial charge is 0.494 e. The second-order valence-corrected chi connectivity index (χ2v) is 5.25. The van der Waals surface area contributed by atoms with E-state index >= 15 is 0 Å². The molecule has 0 bridgehead atoms. The standard InChI is InChI=1S/C16H20N2O3/c1-11(2)9-15(19)17-12-6-7-13(14(10-12)21-3)18-8-4-5-16(18)20/h6-7,9-10H,4-5,8H2,1-3H3,(H,17,19). The number of anilines is 2. The van der Waals surface area contributed by atoms with Crippen LogP contribution in [0.2, 0.25) is 0 Å². The molecule has 1 aliphatic rings. The summed E-state index contributed by atoms with van der Waals surface area (Å²) in [4.78, 5) is 25.3. The fourth-order valence-electron chi connectivity index (χ4n) is 2.32. The monoisotopic (exact) mass is 288 g/mol. The number of ether oxygens (including phenoxy) is 1. The Morgan fingerprint density at radius 3 is 2.71 bits per heavy atom. The molecular weight excluding hydrogens is 268 g/mol. The van der Waals surface area contributed by atoms with Crippen LogP contribution in [0.3, 0.4) is 0 Å². The van der Waals surface area contributed by atoms with E-state index in [-0.39, 0.29) is 11.8 Å². The second kappa shape index (κ2) is 6.43. The highest BCUT2D eigenvalue weighted by atomic mass is 16.5. The van der Waals surface area contributed by atoms with Crippen molar-refractivity contribution in [1.29, 1.82) is 0 Å². The van der Waals surface area contributed by atoms with Crippen molar-refractivity contribution in [2.75, 3.05) is 23.9 Å². The zero-order chi connectivity index (χ0) is 15.4. The molecule has 0 aromatic heterocycles. The minimum Gasteiger partial charge on any atom is -0.494 e. The molecule has 0 spiro atoms. The highest BCUT2D eigenvalue weighted by Crippen LogP contribution is 2.33. The maximum Gasteiger partial charge on any atom is 0.248 e. The molecule has 0 saturated carbocycles. The van der Waals surface area contributed by atoms with Crippen molar-refractivity contribution < 1.29 is 14.3 Å². The predicted molar refractivity (Wildman–Crippen MR) is 82.6 cm³/mol. The van der Waals surface area contributed by atoms with Crippen molar-refractivity contribution in [2.24, 2.45) is 0 Å². The smallest absolute Gasteiger partial charge is 0.248 e. The summed E-state index contributed by atoms with van der Waals surface area (Å²) in [5.41, 5.74) is 2.32. The Bertz CT molecular complexity index is 589. The Hall–Kier alpha value is -2.30. The predicted octanol–water partition coefficient (Wildman–Crippen LogP) is 2.73. The van der Waals surface area contributed by atoms with Crippen LogP contribution in [0, 0.1) is 0 Å². The Balaban J connectivity index is 2.22. The molecule has 112 valence electrons. The van der Waals surface area contributed by atoms with Gasteiger partial charge in [0.15, 0.2) is 0 Å². The van der Waals surface area contributed by atoms with E-state index in [1.54, 1.807) is 30.2 Å². The van der Waals surface area contributed by atoms with E-state index in [2.05, 4.69) is 5.32 Å². The SMILES string of the molecule is COc1cc(NC(=O)C=C(C)C)ccc1N1CCCC1=O. The lowest BCUT2D eigenvalue weighted by Crippen LogP contribution is -2.24.